The van der Waals surface area contributed by atoms with Crippen molar-refractivity contribution in [2.75, 3.05) is 24.3 Å². The van der Waals surface area contributed by atoms with Gasteiger partial charge in [-0.1, -0.05) is 35.3 Å². The summed E-state index contributed by atoms with van der Waals surface area (Å²) < 4.78 is 38.5. The van der Waals surface area contributed by atoms with Crippen molar-refractivity contribution < 1.29 is 22.7 Å². The molecule has 11 heteroatoms. The summed E-state index contributed by atoms with van der Waals surface area (Å²) in [5, 5.41) is 2.71. The molecule has 158 valence electrons. The minimum Gasteiger partial charge on any atom is -0.497 e. The van der Waals surface area contributed by atoms with E-state index in [4.69, 9.17) is 32.7 Å². The SMILES string of the molecule is COc1ccc(NC(=O)c2ccccc2NS(=O)(=O)c2cc(Cl)sc2Cl)c(OC)c1. The van der Waals surface area contributed by atoms with E-state index in [1.165, 1.54) is 32.4 Å². The molecule has 0 radical (unpaired) electrons. The van der Waals surface area contributed by atoms with Gasteiger partial charge in [-0.3, -0.25) is 9.52 Å². The Hall–Kier alpha value is -2.46. The van der Waals surface area contributed by atoms with Crippen molar-refractivity contribution in [2.45, 2.75) is 4.90 Å². The minimum absolute atomic E-state index is 0.0254. The van der Waals surface area contributed by atoms with Crippen LogP contribution in [0, 0.1) is 0 Å². The molecule has 0 aliphatic heterocycles. The molecule has 0 atom stereocenters. The Labute approximate surface area is 187 Å². The highest BCUT2D eigenvalue weighted by Gasteiger charge is 2.23. The van der Waals surface area contributed by atoms with E-state index in [1.807, 2.05) is 0 Å². The minimum atomic E-state index is -4.05. The second-order valence-corrected chi connectivity index (χ2v) is 9.80. The number of amides is 1. The lowest BCUT2D eigenvalue weighted by Gasteiger charge is -2.14. The first-order valence-electron chi connectivity index (χ1n) is 8.35. The quantitative estimate of drug-likeness (QED) is 0.482. The Morgan fingerprint density at radius 2 is 1.73 bits per heavy atom. The van der Waals surface area contributed by atoms with Crippen LogP contribution in [0.2, 0.25) is 8.67 Å². The number of anilines is 2. The zero-order valence-corrected chi connectivity index (χ0v) is 18.9. The third-order valence-electron chi connectivity index (χ3n) is 3.99. The molecule has 3 aromatic rings. The average molecular weight is 487 g/mol. The van der Waals surface area contributed by atoms with Crippen molar-refractivity contribution in [3.63, 3.8) is 0 Å². The molecule has 0 aliphatic rings. The first-order valence-corrected chi connectivity index (χ1v) is 11.4. The standard InChI is InChI=1S/C19H16Cl2N2O5S2/c1-27-11-7-8-14(15(9-11)28-2)22-19(24)12-5-3-4-6-13(12)23-30(25,26)16-10-17(20)29-18(16)21/h3-10,23H,1-2H3,(H,22,24). The largest absolute Gasteiger partial charge is 0.497 e. The number of methoxy groups -OCH3 is 2. The molecule has 2 N–H and O–H groups in total. The number of carbonyl (C=O) groups excluding carboxylic acids is 1. The number of halogens is 2. The fourth-order valence-electron chi connectivity index (χ4n) is 2.57. The summed E-state index contributed by atoms with van der Waals surface area (Å²) in [7, 11) is -1.07. The summed E-state index contributed by atoms with van der Waals surface area (Å²) in [5.74, 6) is 0.413. The van der Waals surface area contributed by atoms with Crippen molar-refractivity contribution in [3.05, 3.63) is 62.8 Å². The molecule has 7 nitrogen and oxygen atoms in total. The molecule has 1 aromatic heterocycles. The first kappa shape index (κ1) is 22.2. The number of hydrogen-bond donors (Lipinski definition) is 2. The number of para-hydroxylation sites is 1. The average Bonchev–Trinajstić information content (AvgIpc) is 3.07. The number of carbonyl (C=O) groups is 1. The fraction of sp³-hybridized carbons (Fsp3) is 0.105. The highest BCUT2D eigenvalue weighted by atomic mass is 35.5. The van der Waals surface area contributed by atoms with Gasteiger partial charge in [-0.05, 0) is 30.3 Å². The summed E-state index contributed by atoms with van der Waals surface area (Å²) in [6, 6.07) is 12.3. The van der Waals surface area contributed by atoms with Crippen LogP contribution in [0.5, 0.6) is 11.5 Å². The van der Waals surface area contributed by atoms with Crippen LogP contribution < -0.4 is 19.5 Å². The molecule has 30 heavy (non-hydrogen) atoms. The molecule has 0 fully saturated rings. The van der Waals surface area contributed by atoms with Crippen LogP contribution in [0.15, 0.2) is 53.4 Å². The predicted molar refractivity (Wildman–Crippen MR) is 119 cm³/mol. The van der Waals surface area contributed by atoms with Crippen LogP contribution in [-0.2, 0) is 10.0 Å². The van der Waals surface area contributed by atoms with Gasteiger partial charge in [0.15, 0.2) is 0 Å². The van der Waals surface area contributed by atoms with Crippen molar-refractivity contribution in [1.82, 2.24) is 0 Å². The second-order valence-electron chi connectivity index (χ2n) is 5.86. The molecular formula is C19H16Cl2N2O5S2. The van der Waals surface area contributed by atoms with Gasteiger partial charge >= 0.3 is 0 Å². The highest BCUT2D eigenvalue weighted by Crippen LogP contribution is 2.35. The number of thiophene rings is 1. The van der Waals surface area contributed by atoms with Gasteiger partial charge in [0.25, 0.3) is 15.9 Å². The molecule has 0 saturated carbocycles. The van der Waals surface area contributed by atoms with Crippen LogP contribution >= 0.6 is 34.5 Å². The molecule has 0 spiro atoms. The Morgan fingerprint density at radius 3 is 2.37 bits per heavy atom. The molecule has 1 amide bonds. The maximum atomic E-state index is 12.9. The van der Waals surface area contributed by atoms with Gasteiger partial charge < -0.3 is 14.8 Å². The normalized spacial score (nSPS) is 11.1. The van der Waals surface area contributed by atoms with Gasteiger partial charge in [0, 0.05) is 6.07 Å². The van der Waals surface area contributed by atoms with Gasteiger partial charge in [0.2, 0.25) is 0 Å². The summed E-state index contributed by atoms with van der Waals surface area (Å²) in [5.41, 5.74) is 0.589. The number of ether oxygens (including phenoxy) is 2. The van der Waals surface area contributed by atoms with Crippen LogP contribution in [-0.4, -0.2) is 28.5 Å². The fourth-order valence-corrected chi connectivity index (χ4v) is 5.80. The van der Waals surface area contributed by atoms with Crippen molar-refractivity contribution >= 4 is 61.8 Å². The smallest absolute Gasteiger partial charge is 0.264 e. The van der Waals surface area contributed by atoms with E-state index in [-0.39, 0.29) is 24.8 Å². The van der Waals surface area contributed by atoms with Crippen LogP contribution in [0.25, 0.3) is 0 Å². The lowest BCUT2D eigenvalue weighted by atomic mass is 10.1. The third-order valence-corrected chi connectivity index (χ3v) is 7.11. The summed E-state index contributed by atoms with van der Waals surface area (Å²) >= 11 is 12.8. The highest BCUT2D eigenvalue weighted by molar-refractivity contribution is 7.93. The monoisotopic (exact) mass is 486 g/mol. The van der Waals surface area contributed by atoms with Gasteiger partial charge in [-0.2, -0.15) is 0 Å². The number of nitrogens with one attached hydrogen (secondary N) is 2. The zero-order valence-electron chi connectivity index (χ0n) is 15.7. The Morgan fingerprint density at radius 1 is 1.00 bits per heavy atom. The van der Waals surface area contributed by atoms with E-state index < -0.39 is 15.9 Å². The Balaban J connectivity index is 1.90. The lowest BCUT2D eigenvalue weighted by Crippen LogP contribution is -2.18. The topological polar surface area (TPSA) is 93.7 Å². The molecular weight excluding hydrogens is 471 g/mol. The van der Waals surface area contributed by atoms with Crippen molar-refractivity contribution in [1.29, 1.82) is 0 Å². The first-order chi connectivity index (χ1) is 14.2. The molecule has 1 heterocycles. The predicted octanol–water partition coefficient (Wildman–Crippen LogP) is 5.13. The van der Waals surface area contributed by atoms with E-state index in [0.717, 1.165) is 11.3 Å². The molecule has 2 aromatic carbocycles. The van der Waals surface area contributed by atoms with Gasteiger partial charge in [0.1, 0.15) is 20.7 Å². The summed E-state index contributed by atoms with van der Waals surface area (Å²) in [6.45, 7) is 0. The molecule has 0 bridgehead atoms. The van der Waals surface area contributed by atoms with Crippen molar-refractivity contribution in [3.8, 4) is 11.5 Å². The van der Waals surface area contributed by atoms with E-state index >= 15 is 0 Å². The summed E-state index contributed by atoms with van der Waals surface area (Å²) in [4.78, 5) is 12.7. The van der Waals surface area contributed by atoms with E-state index in [2.05, 4.69) is 10.0 Å². The summed E-state index contributed by atoms with van der Waals surface area (Å²) in [6.07, 6.45) is 0. The third kappa shape index (κ3) is 4.81. The molecule has 3 rings (SSSR count). The maximum absolute atomic E-state index is 12.9. The van der Waals surface area contributed by atoms with Crippen LogP contribution in [0.4, 0.5) is 11.4 Å². The Bertz CT molecular complexity index is 1200. The maximum Gasteiger partial charge on any atom is 0.264 e. The number of rotatable bonds is 7. The number of benzene rings is 2. The van der Waals surface area contributed by atoms with E-state index in [9.17, 15) is 13.2 Å². The van der Waals surface area contributed by atoms with Gasteiger partial charge in [0.05, 0.1) is 35.5 Å². The Kier molecular flexibility index (Phi) is 6.77. The molecule has 0 saturated heterocycles. The number of sulfonamides is 1. The lowest BCUT2D eigenvalue weighted by molar-refractivity contribution is 0.102. The zero-order chi connectivity index (χ0) is 21.9. The van der Waals surface area contributed by atoms with Gasteiger partial charge in [-0.25, -0.2) is 8.42 Å². The van der Waals surface area contributed by atoms with Crippen molar-refractivity contribution in [2.24, 2.45) is 0 Å². The van der Waals surface area contributed by atoms with E-state index in [1.54, 1.807) is 30.3 Å². The molecule has 0 unspecified atom stereocenters. The van der Waals surface area contributed by atoms with Gasteiger partial charge in [-0.15, -0.1) is 11.3 Å². The number of hydrogen-bond acceptors (Lipinski definition) is 6. The van der Waals surface area contributed by atoms with Crippen LogP contribution in [0.3, 0.4) is 0 Å². The molecule has 0 aliphatic carbocycles. The second kappa shape index (κ2) is 9.13. The van der Waals surface area contributed by atoms with Crippen LogP contribution in [0.1, 0.15) is 10.4 Å². The van der Waals surface area contributed by atoms with E-state index in [0.29, 0.717) is 17.2 Å².